The van der Waals surface area contributed by atoms with E-state index in [4.69, 9.17) is 11.6 Å². The number of nitrogens with zero attached hydrogens (tertiary/aromatic N) is 1. The van der Waals surface area contributed by atoms with Crippen molar-refractivity contribution in [2.24, 2.45) is 0 Å². The Kier molecular flexibility index (Phi) is 4.45. The molecule has 0 unspecified atom stereocenters. The van der Waals surface area contributed by atoms with E-state index in [9.17, 15) is 12.8 Å². The fourth-order valence-electron chi connectivity index (χ4n) is 2.01. The summed E-state index contributed by atoms with van der Waals surface area (Å²) in [5.41, 5.74) is 0. The summed E-state index contributed by atoms with van der Waals surface area (Å²) in [6.07, 6.45) is 0.685. The lowest BCUT2D eigenvalue weighted by molar-refractivity contribution is 0.241. The van der Waals surface area contributed by atoms with Crippen molar-refractivity contribution in [2.75, 3.05) is 19.6 Å². The highest BCUT2D eigenvalue weighted by Gasteiger charge is 2.35. The van der Waals surface area contributed by atoms with Crippen molar-refractivity contribution in [3.63, 3.8) is 0 Å². The van der Waals surface area contributed by atoms with Crippen LogP contribution in [0.4, 0.5) is 4.39 Å². The minimum atomic E-state index is -3.81. The predicted octanol–water partition coefficient (Wildman–Crippen LogP) is 1.85. The van der Waals surface area contributed by atoms with E-state index < -0.39 is 15.8 Å². The largest absolute Gasteiger partial charge is 0.313 e. The summed E-state index contributed by atoms with van der Waals surface area (Å²) in [5.74, 6) is -0.805. The van der Waals surface area contributed by atoms with Gasteiger partial charge in [0.25, 0.3) is 0 Å². The molecule has 0 spiro atoms. The lowest BCUT2D eigenvalue weighted by Crippen LogP contribution is -2.58. The van der Waals surface area contributed by atoms with Crippen LogP contribution >= 0.6 is 11.6 Å². The van der Waals surface area contributed by atoms with Gasteiger partial charge < -0.3 is 5.32 Å². The van der Waals surface area contributed by atoms with Crippen molar-refractivity contribution >= 4 is 21.6 Å². The molecular weight excluding hydrogens is 291 g/mol. The van der Waals surface area contributed by atoms with Crippen LogP contribution in [0.25, 0.3) is 0 Å². The highest BCUT2D eigenvalue weighted by Crippen LogP contribution is 2.25. The van der Waals surface area contributed by atoms with Crippen LogP contribution in [0, 0.1) is 5.82 Å². The fraction of sp³-hybridized carbons (Fsp3) is 0.500. The number of hydrogen-bond donors (Lipinski definition) is 1. The van der Waals surface area contributed by atoms with Crippen molar-refractivity contribution < 1.29 is 12.8 Å². The minimum absolute atomic E-state index is 0.0972. The maximum atomic E-state index is 13.8. The number of rotatable bonds is 5. The van der Waals surface area contributed by atoms with Gasteiger partial charge in [-0.25, -0.2) is 12.8 Å². The molecule has 0 aromatic heterocycles. The maximum Gasteiger partial charge on any atom is 0.246 e. The van der Waals surface area contributed by atoms with E-state index in [-0.39, 0.29) is 16.0 Å². The van der Waals surface area contributed by atoms with Crippen molar-refractivity contribution in [2.45, 2.75) is 24.3 Å². The van der Waals surface area contributed by atoms with Crippen LogP contribution in [-0.4, -0.2) is 38.4 Å². The summed E-state index contributed by atoms with van der Waals surface area (Å²) in [6, 6.07) is 3.54. The summed E-state index contributed by atoms with van der Waals surface area (Å²) in [4.78, 5) is -0.308. The molecule has 1 fully saturated rings. The van der Waals surface area contributed by atoms with Gasteiger partial charge in [-0.3, -0.25) is 0 Å². The average molecular weight is 307 g/mol. The Bertz CT molecular complexity index is 561. The lowest BCUT2D eigenvalue weighted by Gasteiger charge is -2.37. The fourth-order valence-corrected chi connectivity index (χ4v) is 3.93. The van der Waals surface area contributed by atoms with Crippen LogP contribution in [0.2, 0.25) is 5.02 Å². The van der Waals surface area contributed by atoms with Gasteiger partial charge in [0.2, 0.25) is 10.0 Å². The summed E-state index contributed by atoms with van der Waals surface area (Å²) in [5, 5.41) is 3.21. The third-order valence-electron chi connectivity index (χ3n) is 3.09. The van der Waals surface area contributed by atoms with Gasteiger partial charge in [-0.1, -0.05) is 18.5 Å². The van der Waals surface area contributed by atoms with Crippen molar-refractivity contribution in [3.8, 4) is 0 Å². The molecule has 1 saturated heterocycles. The van der Waals surface area contributed by atoms with Crippen LogP contribution in [0.5, 0.6) is 0 Å². The molecule has 1 aliphatic heterocycles. The van der Waals surface area contributed by atoms with E-state index in [1.807, 2.05) is 6.92 Å². The first-order valence-electron chi connectivity index (χ1n) is 6.14. The molecule has 106 valence electrons. The Balaban J connectivity index is 2.38. The number of sulfonamides is 1. The van der Waals surface area contributed by atoms with Gasteiger partial charge in [0, 0.05) is 24.7 Å². The van der Waals surface area contributed by atoms with Crippen molar-refractivity contribution in [1.82, 2.24) is 9.62 Å². The Hall–Kier alpha value is -0.690. The molecule has 7 heteroatoms. The number of halogens is 2. The zero-order chi connectivity index (χ0) is 14.0. The Morgan fingerprint density at radius 2 is 2.16 bits per heavy atom. The molecule has 0 saturated carbocycles. The molecule has 1 N–H and O–H groups in total. The number of hydrogen-bond acceptors (Lipinski definition) is 3. The van der Waals surface area contributed by atoms with E-state index in [1.54, 1.807) is 0 Å². The highest BCUT2D eigenvalue weighted by atomic mass is 35.5. The topological polar surface area (TPSA) is 49.4 Å². The highest BCUT2D eigenvalue weighted by molar-refractivity contribution is 7.89. The summed E-state index contributed by atoms with van der Waals surface area (Å²) in [7, 11) is -3.81. The Morgan fingerprint density at radius 1 is 1.47 bits per heavy atom. The SMILES string of the molecule is CCCN(C1CNC1)S(=O)(=O)c1ccc(Cl)cc1F. The normalized spacial score (nSPS) is 16.6. The van der Waals surface area contributed by atoms with Crippen LogP contribution in [0.15, 0.2) is 23.1 Å². The van der Waals surface area contributed by atoms with Crippen molar-refractivity contribution in [1.29, 1.82) is 0 Å². The number of nitrogens with one attached hydrogen (secondary N) is 1. The standard InChI is InChI=1S/C12H16ClFN2O2S/c1-2-5-16(10-7-15-8-10)19(17,18)12-4-3-9(13)6-11(12)14/h3-4,6,10,15H,2,5,7-8H2,1H3. The third kappa shape index (κ3) is 2.91. The summed E-state index contributed by atoms with van der Waals surface area (Å²) >= 11 is 5.65. The van der Waals surface area contributed by atoms with Crippen LogP contribution in [0.1, 0.15) is 13.3 Å². The van der Waals surface area contributed by atoms with Gasteiger partial charge in [0.15, 0.2) is 0 Å². The average Bonchev–Trinajstić information content (AvgIpc) is 2.25. The second-order valence-corrected chi connectivity index (χ2v) is 6.80. The van der Waals surface area contributed by atoms with E-state index in [2.05, 4.69) is 5.32 Å². The quantitative estimate of drug-likeness (QED) is 0.903. The molecule has 1 aromatic rings. The molecule has 19 heavy (non-hydrogen) atoms. The number of benzene rings is 1. The molecule has 2 rings (SSSR count). The molecule has 1 heterocycles. The van der Waals surface area contributed by atoms with Gasteiger partial charge in [0.1, 0.15) is 10.7 Å². The molecule has 0 aliphatic carbocycles. The van der Waals surface area contributed by atoms with Gasteiger partial charge in [-0.15, -0.1) is 0 Å². The first-order valence-corrected chi connectivity index (χ1v) is 7.96. The molecule has 0 amide bonds. The summed E-state index contributed by atoms with van der Waals surface area (Å²) < 4.78 is 40.2. The second kappa shape index (κ2) is 5.75. The molecule has 4 nitrogen and oxygen atoms in total. The summed E-state index contributed by atoms with van der Waals surface area (Å²) in [6.45, 7) is 3.49. The minimum Gasteiger partial charge on any atom is -0.313 e. The molecule has 1 aliphatic rings. The van der Waals surface area contributed by atoms with Gasteiger partial charge in [-0.2, -0.15) is 4.31 Å². The van der Waals surface area contributed by atoms with E-state index in [0.717, 1.165) is 6.07 Å². The monoisotopic (exact) mass is 306 g/mol. The first kappa shape index (κ1) is 14.7. The Morgan fingerprint density at radius 3 is 2.63 bits per heavy atom. The molecule has 0 radical (unpaired) electrons. The molecule has 0 bridgehead atoms. The van der Waals surface area contributed by atoms with E-state index >= 15 is 0 Å². The van der Waals surface area contributed by atoms with Crippen LogP contribution in [0.3, 0.4) is 0 Å². The zero-order valence-corrected chi connectivity index (χ0v) is 12.1. The molecule has 0 atom stereocenters. The van der Waals surface area contributed by atoms with Gasteiger partial charge >= 0.3 is 0 Å². The Labute approximate surface area is 117 Å². The molecular formula is C12H16ClFN2O2S. The predicted molar refractivity (Wildman–Crippen MR) is 72.3 cm³/mol. The lowest BCUT2D eigenvalue weighted by atomic mass is 10.2. The van der Waals surface area contributed by atoms with Gasteiger partial charge in [0.05, 0.1) is 6.04 Å². The van der Waals surface area contributed by atoms with Gasteiger partial charge in [-0.05, 0) is 24.6 Å². The maximum absolute atomic E-state index is 13.8. The third-order valence-corrected chi connectivity index (χ3v) is 5.31. The molecule has 1 aromatic carbocycles. The van der Waals surface area contributed by atoms with Crippen LogP contribution < -0.4 is 5.32 Å². The second-order valence-electron chi connectivity index (χ2n) is 4.50. The smallest absolute Gasteiger partial charge is 0.246 e. The van der Waals surface area contributed by atoms with Crippen molar-refractivity contribution in [3.05, 3.63) is 29.0 Å². The van der Waals surface area contributed by atoms with Crippen LogP contribution in [-0.2, 0) is 10.0 Å². The first-order chi connectivity index (χ1) is 8.96. The zero-order valence-electron chi connectivity index (χ0n) is 10.6. The van der Waals surface area contributed by atoms with E-state index in [0.29, 0.717) is 26.1 Å². The van der Waals surface area contributed by atoms with E-state index in [1.165, 1.54) is 16.4 Å².